The van der Waals surface area contributed by atoms with Gasteiger partial charge in [0.25, 0.3) is 0 Å². The second kappa shape index (κ2) is 3.50. The van der Waals surface area contributed by atoms with E-state index in [1.807, 2.05) is 42.5 Å². The Kier molecular flexibility index (Phi) is 1.85. The number of benzene rings is 2. The summed E-state index contributed by atoms with van der Waals surface area (Å²) in [5, 5.41) is 6.56. The van der Waals surface area contributed by atoms with Crippen molar-refractivity contribution >= 4 is 22.5 Å². The summed E-state index contributed by atoms with van der Waals surface area (Å²) < 4.78 is 5.80. The van der Waals surface area contributed by atoms with E-state index in [0.29, 0.717) is 5.89 Å². The molecule has 88 valence electrons. The zero-order chi connectivity index (χ0) is 11.9. The number of hydrogen-bond acceptors (Lipinski definition) is 4. The molecule has 18 heavy (non-hydrogen) atoms. The van der Waals surface area contributed by atoms with Crippen molar-refractivity contribution in [3.63, 3.8) is 0 Å². The van der Waals surface area contributed by atoms with Crippen LogP contribution in [0.2, 0.25) is 0 Å². The molecule has 0 saturated carbocycles. The molecule has 0 saturated heterocycles. The molecule has 2 heterocycles. The van der Waals surface area contributed by atoms with Gasteiger partial charge in [-0.25, -0.2) is 4.98 Å². The van der Waals surface area contributed by atoms with Crippen molar-refractivity contribution in [2.24, 2.45) is 0 Å². The highest BCUT2D eigenvalue weighted by molar-refractivity contribution is 5.88. The summed E-state index contributed by atoms with van der Waals surface area (Å²) in [4.78, 5) is 4.53. The quantitative estimate of drug-likeness (QED) is 0.681. The van der Waals surface area contributed by atoms with Crippen molar-refractivity contribution in [1.82, 2.24) is 4.98 Å². The maximum Gasteiger partial charge on any atom is 0.229 e. The van der Waals surface area contributed by atoms with Crippen molar-refractivity contribution in [1.29, 1.82) is 0 Å². The van der Waals surface area contributed by atoms with Crippen LogP contribution in [0.4, 0.5) is 11.4 Å². The lowest BCUT2D eigenvalue weighted by Crippen LogP contribution is -1.99. The van der Waals surface area contributed by atoms with E-state index in [1.54, 1.807) is 0 Å². The molecule has 0 spiro atoms. The predicted molar refractivity (Wildman–Crippen MR) is 71.6 cm³/mol. The molecular weight excluding hydrogens is 226 g/mol. The number of fused-ring (bicyclic) bond motifs is 2. The lowest BCUT2D eigenvalue weighted by atomic mass is 10.1. The fourth-order valence-corrected chi connectivity index (χ4v) is 2.28. The number of anilines is 2. The first-order chi connectivity index (χ1) is 8.92. The van der Waals surface area contributed by atoms with Gasteiger partial charge < -0.3 is 15.1 Å². The normalized spacial score (nSPS) is 13.1. The van der Waals surface area contributed by atoms with Gasteiger partial charge >= 0.3 is 0 Å². The Hall–Kier alpha value is -2.49. The zero-order valence-electron chi connectivity index (χ0n) is 9.60. The fraction of sp³-hybridized carbons (Fsp3) is 0.0714. The van der Waals surface area contributed by atoms with Crippen LogP contribution in [-0.4, -0.2) is 11.7 Å². The van der Waals surface area contributed by atoms with Crippen molar-refractivity contribution in [3.05, 3.63) is 42.5 Å². The van der Waals surface area contributed by atoms with E-state index >= 15 is 0 Å². The first-order valence-corrected chi connectivity index (χ1v) is 5.88. The summed E-state index contributed by atoms with van der Waals surface area (Å²) in [5.41, 5.74) is 4.85. The average molecular weight is 237 g/mol. The molecule has 1 aliphatic rings. The fourth-order valence-electron chi connectivity index (χ4n) is 2.28. The van der Waals surface area contributed by atoms with E-state index in [-0.39, 0.29) is 0 Å². The molecular formula is C14H11N3O. The lowest BCUT2D eigenvalue weighted by Gasteiger charge is -2.03. The Morgan fingerprint density at radius 2 is 1.94 bits per heavy atom. The Morgan fingerprint density at radius 3 is 2.89 bits per heavy atom. The van der Waals surface area contributed by atoms with E-state index in [0.717, 1.165) is 34.7 Å². The molecule has 1 aliphatic heterocycles. The highest BCUT2D eigenvalue weighted by Crippen LogP contribution is 2.37. The van der Waals surface area contributed by atoms with E-state index in [1.165, 1.54) is 0 Å². The lowest BCUT2D eigenvalue weighted by molar-refractivity contribution is 0.620. The molecule has 4 rings (SSSR count). The molecule has 0 aliphatic carbocycles. The van der Waals surface area contributed by atoms with Crippen molar-refractivity contribution in [2.45, 2.75) is 0 Å². The molecule has 0 unspecified atom stereocenters. The van der Waals surface area contributed by atoms with Crippen LogP contribution in [0.1, 0.15) is 0 Å². The third-order valence-corrected chi connectivity index (χ3v) is 3.13. The second-order valence-electron chi connectivity index (χ2n) is 4.25. The molecule has 3 aromatic rings. The van der Waals surface area contributed by atoms with E-state index in [9.17, 15) is 0 Å². The summed E-state index contributed by atoms with van der Waals surface area (Å²) >= 11 is 0. The standard InChI is InChI=1S/C14H11N3O/c1-2-7-12-10(5-1)17-14(18-12)9-4-3-6-11-13(9)16-8-15-11/h1-7,15-16H,8H2. The second-order valence-corrected chi connectivity index (χ2v) is 4.25. The first-order valence-electron chi connectivity index (χ1n) is 5.88. The Bertz CT molecular complexity index is 700. The minimum Gasteiger partial charge on any atom is -0.436 e. The Balaban J connectivity index is 1.95. The molecule has 0 fully saturated rings. The van der Waals surface area contributed by atoms with Crippen molar-refractivity contribution in [3.8, 4) is 11.5 Å². The van der Waals surface area contributed by atoms with Gasteiger partial charge in [-0.05, 0) is 24.3 Å². The summed E-state index contributed by atoms with van der Waals surface area (Å²) in [6, 6.07) is 13.9. The summed E-state index contributed by atoms with van der Waals surface area (Å²) in [6.45, 7) is 0.743. The van der Waals surface area contributed by atoms with Gasteiger partial charge in [0.05, 0.1) is 23.6 Å². The van der Waals surface area contributed by atoms with Crippen LogP contribution in [0.3, 0.4) is 0 Å². The van der Waals surface area contributed by atoms with Crippen LogP contribution in [0.25, 0.3) is 22.6 Å². The van der Waals surface area contributed by atoms with E-state index in [4.69, 9.17) is 4.42 Å². The molecule has 4 heteroatoms. The molecule has 2 aromatic carbocycles. The largest absolute Gasteiger partial charge is 0.436 e. The molecule has 1 aromatic heterocycles. The van der Waals surface area contributed by atoms with Gasteiger partial charge in [0, 0.05) is 0 Å². The summed E-state index contributed by atoms with van der Waals surface area (Å²) in [5.74, 6) is 0.657. The topological polar surface area (TPSA) is 50.1 Å². The van der Waals surface area contributed by atoms with Crippen molar-refractivity contribution < 1.29 is 4.42 Å². The van der Waals surface area contributed by atoms with Crippen LogP contribution >= 0.6 is 0 Å². The van der Waals surface area contributed by atoms with Crippen LogP contribution in [0.5, 0.6) is 0 Å². The molecule has 4 nitrogen and oxygen atoms in total. The number of oxazole rings is 1. The van der Waals surface area contributed by atoms with Gasteiger partial charge in [0.2, 0.25) is 5.89 Å². The highest BCUT2D eigenvalue weighted by atomic mass is 16.3. The van der Waals surface area contributed by atoms with Gasteiger partial charge in [-0.3, -0.25) is 0 Å². The van der Waals surface area contributed by atoms with E-state index < -0.39 is 0 Å². The van der Waals surface area contributed by atoms with Gasteiger partial charge in [-0.2, -0.15) is 0 Å². The van der Waals surface area contributed by atoms with Crippen molar-refractivity contribution in [2.75, 3.05) is 17.3 Å². The SMILES string of the molecule is c1cc2c(c(-c3nc4ccccc4o3)c1)NCN2. The first kappa shape index (κ1) is 9.53. The number of nitrogens with one attached hydrogen (secondary N) is 2. The summed E-state index contributed by atoms with van der Waals surface area (Å²) in [7, 11) is 0. The number of rotatable bonds is 1. The van der Waals surface area contributed by atoms with Crippen LogP contribution in [-0.2, 0) is 0 Å². The minimum atomic E-state index is 0.657. The number of aromatic nitrogens is 1. The minimum absolute atomic E-state index is 0.657. The third-order valence-electron chi connectivity index (χ3n) is 3.13. The van der Waals surface area contributed by atoms with Crippen LogP contribution in [0, 0.1) is 0 Å². The summed E-state index contributed by atoms with van der Waals surface area (Å²) in [6.07, 6.45) is 0. The molecule has 0 bridgehead atoms. The van der Waals surface area contributed by atoms with Crippen LogP contribution in [0.15, 0.2) is 46.9 Å². The van der Waals surface area contributed by atoms with Gasteiger partial charge in [0.15, 0.2) is 5.58 Å². The smallest absolute Gasteiger partial charge is 0.229 e. The number of nitrogens with zero attached hydrogens (tertiary/aromatic N) is 1. The van der Waals surface area contributed by atoms with Gasteiger partial charge in [-0.15, -0.1) is 0 Å². The zero-order valence-corrected chi connectivity index (χ0v) is 9.60. The Labute approximate surface area is 104 Å². The third kappa shape index (κ3) is 1.29. The maximum atomic E-state index is 5.80. The van der Waals surface area contributed by atoms with E-state index in [2.05, 4.69) is 15.6 Å². The highest BCUT2D eigenvalue weighted by Gasteiger charge is 2.17. The van der Waals surface area contributed by atoms with Gasteiger partial charge in [-0.1, -0.05) is 18.2 Å². The maximum absolute atomic E-state index is 5.80. The number of para-hydroxylation sites is 3. The van der Waals surface area contributed by atoms with Crippen LogP contribution < -0.4 is 10.6 Å². The predicted octanol–water partition coefficient (Wildman–Crippen LogP) is 3.29. The molecule has 0 amide bonds. The Morgan fingerprint density at radius 1 is 1.00 bits per heavy atom. The molecule has 0 radical (unpaired) electrons. The molecule has 2 N–H and O–H groups in total. The average Bonchev–Trinajstić information content (AvgIpc) is 3.04. The van der Waals surface area contributed by atoms with Gasteiger partial charge in [0.1, 0.15) is 5.52 Å². The molecule has 0 atom stereocenters. The monoisotopic (exact) mass is 237 g/mol. The number of hydrogen-bond donors (Lipinski definition) is 2.